The van der Waals surface area contributed by atoms with Crippen LogP contribution >= 0.6 is 11.6 Å². The summed E-state index contributed by atoms with van der Waals surface area (Å²) < 4.78 is 35.9. The summed E-state index contributed by atoms with van der Waals surface area (Å²) in [5.74, 6) is -1.09. The fourth-order valence-electron chi connectivity index (χ4n) is 3.00. The molecule has 0 saturated heterocycles. The van der Waals surface area contributed by atoms with E-state index in [-0.39, 0.29) is 22.6 Å². The van der Waals surface area contributed by atoms with Crippen molar-refractivity contribution in [3.05, 3.63) is 82.8 Å². The average molecular weight is 491 g/mol. The molecule has 1 aromatic heterocycles. The molecule has 0 saturated carbocycles. The van der Waals surface area contributed by atoms with Gasteiger partial charge in [-0.05, 0) is 55.3 Å². The van der Waals surface area contributed by atoms with Gasteiger partial charge in [0.2, 0.25) is 5.91 Å². The SMILES string of the molecule is Cc1cc(Cl)ccc1OCCCC(=O)NNC(=O)c1occc1CS(=O)(=O)c1ccccc1. The highest BCUT2D eigenvalue weighted by Gasteiger charge is 2.22. The van der Waals surface area contributed by atoms with Gasteiger partial charge in [-0.15, -0.1) is 0 Å². The van der Waals surface area contributed by atoms with E-state index < -0.39 is 27.4 Å². The molecule has 10 heteroatoms. The number of amides is 2. The first-order chi connectivity index (χ1) is 15.8. The van der Waals surface area contributed by atoms with Crippen LogP contribution in [0.3, 0.4) is 0 Å². The first kappa shape index (κ1) is 24.3. The molecular formula is C23H23ClN2O6S. The Hall–Kier alpha value is -3.30. The third-order valence-corrected chi connectivity index (χ3v) is 6.58. The summed E-state index contributed by atoms with van der Waals surface area (Å²) in [5.41, 5.74) is 5.61. The van der Waals surface area contributed by atoms with Crippen molar-refractivity contribution in [1.82, 2.24) is 10.9 Å². The van der Waals surface area contributed by atoms with Crippen LogP contribution in [0.1, 0.15) is 34.5 Å². The molecule has 0 unspecified atom stereocenters. The molecule has 0 atom stereocenters. The Morgan fingerprint density at radius 3 is 2.55 bits per heavy atom. The molecule has 0 spiro atoms. The van der Waals surface area contributed by atoms with E-state index in [9.17, 15) is 18.0 Å². The summed E-state index contributed by atoms with van der Waals surface area (Å²) in [6.07, 6.45) is 1.76. The highest BCUT2D eigenvalue weighted by Crippen LogP contribution is 2.22. The molecule has 0 radical (unpaired) electrons. The van der Waals surface area contributed by atoms with Crippen LogP contribution in [0.2, 0.25) is 5.02 Å². The minimum absolute atomic E-state index is 0.111. The molecule has 2 aromatic carbocycles. The number of benzene rings is 2. The zero-order valence-corrected chi connectivity index (χ0v) is 19.4. The number of carbonyl (C=O) groups is 2. The lowest BCUT2D eigenvalue weighted by atomic mass is 10.2. The van der Waals surface area contributed by atoms with Gasteiger partial charge >= 0.3 is 5.91 Å². The van der Waals surface area contributed by atoms with Gasteiger partial charge in [-0.25, -0.2) is 8.42 Å². The number of hydrogen-bond acceptors (Lipinski definition) is 6. The third-order valence-electron chi connectivity index (χ3n) is 4.66. The highest BCUT2D eigenvalue weighted by atomic mass is 35.5. The predicted molar refractivity (Wildman–Crippen MR) is 123 cm³/mol. The lowest BCUT2D eigenvalue weighted by Gasteiger charge is -2.10. The van der Waals surface area contributed by atoms with Crippen LogP contribution in [0, 0.1) is 6.92 Å². The smallest absolute Gasteiger partial charge is 0.305 e. The second-order valence-corrected chi connectivity index (χ2v) is 9.64. The molecule has 8 nitrogen and oxygen atoms in total. The molecule has 0 fully saturated rings. The normalized spacial score (nSPS) is 11.1. The summed E-state index contributed by atoms with van der Waals surface area (Å²) in [4.78, 5) is 24.5. The maximum Gasteiger partial charge on any atom is 0.305 e. The van der Waals surface area contributed by atoms with Gasteiger partial charge in [-0.2, -0.15) is 0 Å². The van der Waals surface area contributed by atoms with E-state index in [1.807, 2.05) is 6.92 Å². The summed E-state index contributed by atoms with van der Waals surface area (Å²) in [6, 6.07) is 14.6. The molecule has 33 heavy (non-hydrogen) atoms. The number of furan rings is 1. The number of halogens is 1. The number of nitrogens with one attached hydrogen (secondary N) is 2. The van der Waals surface area contributed by atoms with Crippen LogP contribution in [0.4, 0.5) is 0 Å². The van der Waals surface area contributed by atoms with Gasteiger partial charge in [0.15, 0.2) is 15.6 Å². The molecule has 174 valence electrons. The Morgan fingerprint density at radius 2 is 1.82 bits per heavy atom. The van der Waals surface area contributed by atoms with E-state index in [0.29, 0.717) is 23.8 Å². The number of rotatable bonds is 9. The maximum atomic E-state index is 12.6. The Labute approximate surface area is 196 Å². The topological polar surface area (TPSA) is 115 Å². The van der Waals surface area contributed by atoms with E-state index in [0.717, 1.165) is 5.56 Å². The molecule has 0 aliphatic rings. The molecule has 3 aromatic rings. The second-order valence-electron chi connectivity index (χ2n) is 7.21. The molecule has 0 aliphatic carbocycles. The monoisotopic (exact) mass is 490 g/mol. The van der Waals surface area contributed by atoms with E-state index in [4.69, 9.17) is 20.8 Å². The van der Waals surface area contributed by atoms with Crippen molar-refractivity contribution in [2.24, 2.45) is 0 Å². The Morgan fingerprint density at radius 1 is 1.06 bits per heavy atom. The molecule has 2 N–H and O–H groups in total. The maximum absolute atomic E-state index is 12.6. The van der Waals surface area contributed by atoms with Crippen LogP contribution in [0.25, 0.3) is 0 Å². The largest absolute Gasteiger partial charge is 0.493 e. The Kier molecular flexibility index (Phi) is 8.13. The van der Waals surface area contributed by atoms with Crippen molar-refractivity contribution >= 4 is 33.3 Å². The van der Waals surface area contributed by atoms with Crippen LogP contribution in [-0.2, 0) is 20.4 Å². The fraction of sp³-hybridized carbons (Fsp3) is 0.217. The minimum atomic E-state index is -3.66. The molecular weight excluding hydrogens is 468 g/mol. The van der Waals surface area contributed by atoms with E-state index in [2.05, 4.69) is 10.9 Å². The van der Waals surface area contributed by atoms with Crippen molar-refractivity contribution in [2.45, 2.75) is 30.4 Å². The summed E-state index contributed by atoms with van der Waals surface area (Å²) >= 11 is 5.91. The van der Waals surface area contributed by atoms with Crippen molar-refractivity contribution < 1.29 is 27.2 Å². The highest BCUT2D eigenvalue weighted by molar-refractivity contribution is 7.90. The van der Waals surface area contributed by atoms with Crippen molar-refractivity contribution in [3.8, 4) is 5.75 Å². The Bertz CT molecular complexity index is 1220. The van der Waals surface area contributed by atoms with Crippen molar-refractivity contribution in [2.75, 3.05) is 6.61 Å². The van der Waals surface area contributed by atoms with Crippen LogP contribution in [0.5, 0.6) is 5.75 Å². The van der Waals surface area contributed by atoms with Gasteiger partial charge in [-0.1, -0.05) is 29.8 Å². The lowest BCUT2D eigenvalue weighted by Crippen LogP contribution is -2.41. The van der Waals surface area contributed by atoms with E-state index in [1.165, 1.54) is 24.5 Å². The molecule has 0 aliphatic heterocycles. The van der Waals surface area contributed by atoms with Crippen LogP contribution < -0.4 is 15.6 Å². The number of hydrogen-bond donors (Lipinski definition) is 2. The third kappa shape index (κ3) is 6.84. The molecule has 2 amide bonds. The van der Waals surface area contributed by atoms with Crippen molar-refractivity contribution in [1.29, 1.82) is 0 Å². The molecule has 1 heterocycles. The van der Waals surface area contributed by atoms with Gasteiger partial charge in [0.25, 0.3) is 0 Å². The predicted octanol–water partition coefficient (Wildman–Crippen LogP) is 3.84. The number of carbonyl (C=O) groups excluding carboxylic acids is 2. The van der Waals surface area contributed by atoms with Crippen LogP contribution in [0.15, 0.2) is 70.2 Å². The molecule has 3 rings (SSSR count). The second kappa shape index (κ2) is 11.0. The zero-order chi connectivity index (χ0) is 23.8. The van der Waals surface area contributed by atoms with Gasteiger partial charge in [0.05, 0.1) is 23.5 Å². The van der Waals surface area contributed by atoms with Gasteiger partial charge < -0.3 is 9.15 Å². The number of ether oxygens (including phenoxy) is 1. The number of sulfone groups is 1. The first-order valence-corrected chi connectivity index (χ1v) is 12.1. The van der Waals surface area contributed by atoms with Crippen molar-refractivity contribution in [3.63, 3.8) is 0 Å². The van der Waals surface area contributed by atoms with Gasteiger partial charge in [-0.3, -0.25) is 20.4 Å². The van der Waals surface area contributed by atoms with E-state index >= 15 is 0 Å². The lowest BCUT2D eigenvalue weighted by molar-refractivity contribution is -0.122. The van der Waals surface area contributed by atoms with Gasteiger partial charge in [0.1, 0.15) is 5.75 Å². The molecule has 0 bridgehead atoms. The zero-order valence-electron chi connectivity index (χ0n) is 17.8. The summed E-state index contributed by atoms with van der Waals surface area (Å²) in [7, 11) is -3.66. The summed E-state index contributed by atoms with van der Waals surface area (Å²) in [5, 5.41) is 0.618. The standard InChI is InChI=1S/C23H23ClN2O6S/c1-16-14-18(24)9-10-20(16)31-12-5-8-21(27)25-26-23(28)22-17(11-13-32-22)15-33(29,30)19-6-3-2-4-7-19/h2-4,6-7,9-11,13-14H,5,8,12,15H2,1H3,(H,25,27)(H,26,28). The Balaban J connectivity index is 1.46. The first-order valence-electron chi connectivity index (χ1n) is 10.1. The fourth-order valence-corrected chi connectivity index (χ4v) is 4.60. The summed E-state index contributed by atoms with van der Waals surface area (Å²) in [6.45, 7) is 2.18. The van der Waals surface area contributed by atoms with Crippen LogP contribution in [-0.4, -0.2) is 26.8 Å². The van der Waals surface area contributed by atoms with Gasteiger partial charge in [0, 0.05) is 17.0 Å². The minimum Gasteiger partial charge on any atom is -0.493 e. The number of hydrazine groups is 1. The average Bonchev–Trinajstić information content (AvgIpc) is 3.24. The number of aryl methyl sites for hydroxylation is 1. The van der Waals surface area contributed by atoms with E-state index in [1.54, 1.807) is 36.4 Å². The quantitative estimate of drug-likeness (QED) is 0.348.